The number of Topliss-reactive ketones (excluding diaryl/α,β-unsaturated/α-hetero) is 1. The van der Waals surface area contributed by atoms with Crippen molar-refractivity contribution in [3.05, 3.63) is 0 Å². The largest absolute Gasteiger partial charge is 0.350 e. The number of urea groups is 1. The standard InChI is InChI=1S/C11H18N4O3/c1-5(2)4-7-9(14-15-11(12)18)8(6(3)16)10(17)13-7/h5,7-8H,4H2,1-3H3,(H,13,17)(H3,12,15,18). The minimum absolute atomic E-state index is 0.302. The zero-order valence-electron chi connectivity index (χ0n) is 10.7. The smallest absolute Gasteiger partial charge is 0.332 e. The van der Waals surface area contributed by atoms with Gasteiger partial charge in [-0.3, -0.25) is 9.59 Å². The highest BCUT2D eigenvalue weighted by Crippen LogP contribution is 2.19. The fraction of sp³-hybridized carbons (Fsp3) is 0.636. The number of hydrogen-bond acceptors (Lipinski definition) is 4. The summed E-state index contributed by atoms with van der Waals surface area (Å²) in [5.74, 6) is -1.29. The number of ketones is 1. The molecule has 0 spiro atoms. The van der Waals surface area contributed by atoms with Gasteiger partial charge in [0.1, 0.15) is 11.7 Å². The number of carbonyl (C=O) groups is 3. The normalized spacial score (nSPS) is 25.3. The summed E-state index contributed by atoms with van der Waals surface area (Å²) in [6.07, 6.45) is 0.648. The van der Waals surface area contributed by atoms with Crippen LogP contribution in [0.25, 0.3) is 0 Å². The van der Waals surface area contributed by atoms with E-state index in [-0.39, 0.29) is 17.7 Å². The SMILES string of the molecule is CC(=O)C1C(=O)NC(CC(C)C)C1=NNC(N)=O. The molecule has 1 aliphatic rings. The van der Waals surface area contributed by atoms with Gasteiger partial charge in [-0.15, -0.1) is 0 Å². The Morgan fingerprint density at radius 1 is 1.50 bits per heavy atom. The van der Waals surface area contributed by atoms with E-state index < -0.39 is 11.9 Å². The molecule has 100 valence electrons. The molecule has 2 atom stereocenters. The summed E-state index contributed by atoms with van der Waals surface area (Å²) in [4.78, 5) is 33.8. The molecule has 18 heavy (non-hydrogen) atoms. The highest BCUT2D eigenvalue weighted by atomic mass is 16.2. The van der Waals surface area contributed by atoms with E-state index in [2.05, 4.69) is 15.8 Å². The van der Waals surface area contributed by atoms with Crippen LogP contribution in [0.1, 0.15) is 27.2 Å². The molecule has 0 aromatic rings. The highest BCUT2D eigenvalue weighted by molar-refractivity contribution is 6.25. The first-order valence-electron chi connectivity index (χ1n) is 5.76. The Kier molecular flexibility index (Phi) is 4.41. The van der Waals surface area contributed by atoms with Crippen LogP contribution in [0.4, 0.5) is 4.79 Å². The van der Waals surface area contributed by atoms with E-state index in [0.29, 0.717) is 18.1 Å². The van der Waals surface area contributed by atoms with Crippen molar-refractivity contribution in [2.24, 2.45) is 22.7 Å². The van der Waals surface area contributed by atoms with Crippen LogP contribution in [0.3, 0.4) is 0 Å². The third-order valence-corrected chi connectivity index (χ3v) is 2.64. The minimum atomic E-state index is -0.930. The Hall–Kier alpha value is -1.92. The van der Waals surface area contributed by atoms with E-state index in [9.17, 15) is 14.4 Å². The summed E-state index contributed by atoms with van der Waals surface area (Å²) < 4.78 is 0. The number of rotatable bonds is 4. The maximum Gasteiger partial charge on any atom is 0.332 e. The molecule has 0 bridgehead atoms. The molecular formula is C11H18N4O3. The van der Waals surface area contributed by atoms with E-state index >= 15 is 0 Å². The van der Waals surface area contributed by atoms with Crippen molar-refractivity contribution in [2.45, 2.75) is 33.2 Å². The van der Waals surface area contributed by atoms with Crippen molar-refractivity contribution < 1.29 is 14.4 Å². The molecule has 0 aromatic carbocycles. The number of carbonyl (C=O) groups excluding carboxylic acids is 3. The maximum atomic E-state index is 11.7. The molecule has 1 saturated heterocycles. The number of hydrazone groups is 1. The topological polar surface area (TPSA) is 114 Å². The second-order valence-electron chi connectivity index (χ2n) is 4.75. The second kappa shape index (κ2) is 5.61. The van der Waals surface area contributed by atoms with E-state index in [1.54, 1.807) is 0 Å². The predicted octanol–water partition coefficient (Wildman–Crippen LogP) is -0.240. The van der Waals surface area contributed by atoms with Crippen molar-refractivity contribution in [3.63, 3.8) is 0 Å². The number of amides is 3. The van der Waals surface area contributed by atoms with Gasteiger partial charge in [-0.25, -0.2) is 10.2 Å². The number of nitrogens with zero attached hydrogens (tertiary/aromatic N) is 1. The lowest BCUT2D eigenvalue weighted by molar-refractivity contribution is -0.128. The summed E-state index contributed by atoms with van der Waals surface area (Å²) in [5.41, 5.74) is 7.34. The van der Waals surface area contributed by atoms with E-state index in [1.165, 1.54) is 6.92 Å². The molecule has 1 aliphatic heterocycles. The Morgan fingerprint density at radius 2 is 2.11 bits per heavy atom. The summed E-state index contributed by atoms with van der Waals surface area (Å²) in [6, 6.07) is -1.16. The third kappa shape index (κ3) is 3.28. The van der Waals surface area contributed by atoms with Crippen molar-refractivity contribution in [3.8, 4) is 0 Å². The van der Waals surface area contributed by atoms with Crippen molar-refractivity contribution in [2.75, 3.05) is 0 Å². The van der Waals surface area contributed by atoms with E-state index in [4.69, 9.17) is 5.73 Å². The first-order valence-corrected chi connectivity index (χ1v) is 5.76. The van der Waals surface area contributed by atoms with Crippen LogP contribution >= 0.6 is 0 Å². The molecule has 7 nitrogen and oxygen atoms in total. The molecular weight excluding hydrogens is 236 g/mol. The zero-order valence-corrected chi connectivity index (χ0v) is 10.7. The molecule has 4 N–H and O–H groups in total. The Bertz CT molecular complexity index is 403. The molecule has 1 rings (SSSR count). The Morgan fingerprint density at radius 3 is 2.56 bits per heavy atom. The number of nitrogens with two attached hydrogens (primary N) is 1. The van der Waals surface area contributed by atoms with Crippen LogP contribution in [0, 0.1) is 11.8 Å². The first kappa shape index (κ1) is 14.1. The summed E-state index contributed by atoms with van der Waals surface area (Å²) in [6.45, 7) is 5.31. The lowest BCUT2D eigenvalue weighted by Crippen LogP contribution is -2.34. The molecule has 2 unspecified atom stereocenters. The van der Waals surface area contributed by atoms with Crippen LogP contribution in [0.2, 0.25) is 0 Å². The van der Waals surface area contributed by atoms with Gasteiger partial charge in [0.2, 0.25) is 5.91 Å². The molecule has 1 fully saturated rings. The molecule has 0 aliphatic carbocycles. The summed E-state index contributed by atoms with van der Waals surface area (Å²) in [7, 11) is 0. The van der Waals surface area contributed by atoms with Crippen molar-refractivity contribution in [1.29, 1.82) is 0 Å². The monoisotopic (exact) mass is 254 g/mol. The molecule has 3 amide bonds. The lowest BCUT2D eigenvalue weighted by atomic mass is 9.94. The van der Waals surface area contributed by atoms with Crippen molar-refractivity contribution in [1.82, 2.24) is 10.7 Å². The zero-order chi connectivity index (χ0) is 13.9. The van der Waals surface area contributed by atoms with Crippen LogP contribution in [-0.2, 0) is 9.59 Å². The molecule has 0 radical (unpaired) electrons. The van der Waals surface area contributed by atoms with Gasteiger partial charge in [-0.1, -0.05) is 13.8 Å². The fourth-order valence-electron chi connectivity index (χ4n) is 1.97. The van der Waals surface area contributed by atoms with Crippen LogP contribution in [-0.4, -0.2) is 29.5 Å². The molecule has 1 heterocycles. The highest BCUT2D eigenvalue weighted by Gasteiger charge is 2.42. The van der Waals surface area contributed by atoms with Crippen LogP contribution < -0.4 is 16.5 Å². The lowest BCUT2D eigenvalue weighted by Gasteiger charge is -2.14. The van der Waals surface area contributed by atoms with E-state index in [0.717, 1.165) is 0 Å². The van der Waals surface area contributed by atoms with Gasteiger partial charge >= 0.3 is 6.03 Å². The number of hydrogen-bond donors (Lipinski definition) is 3. The number of nitrogens with one attached hydrogen (secondary N) is 2. The average Bonchev–Trinajstić information content (AvgIpc) is 2.50. The van der Waals surface area contributed by atoms with Gasteiger partial charge in [0.15, 0.2) is 0 Å². The van der Waals surface area contributed by atoms with Gasteiger partial charge in [0.05, 0.1) is 11.8 Å². The van der Waals surface area contributed by atoms with Gasteiger partial charge in [-0.2, -0.15) is 5.10 Å². The maximum absolute atomic E-state index is 11.7. The van der Waals surface area contributed by atoms with E-state index in [1.807, 2.05) is 13.8 Å². The third-order valence-electron chi connectivity index (χ3n) is 2.64. The Labute approximate surface area is 105 Å². The number of primary amides is 1. The summed E-state index contributed by atoms with van der Waals surface area (Å²) >= 11 is 0. The average molecular weight is 254 g/mol. The van der Waals surface area contributed by atoms with Gasteiger partial charge in [0.25, 0.3) is 0 Å². The van der Waals surface area contributed by atoms with Gasteiger partial charge < -0.3 is 11.1 Å². The molecule has 0 saturated carbocycles. The van der Waals surface area contributed by atoms with Gasteiger partial charge in [0, 0.05) is 0 Å². The second-order valence-corrected chi connectivity index (χ2v) is 4.75. The van der Waals surface area contributed by atoms with Crippen LogP contribution in [0.15, 0.2) is 5.10 Å². The fourth-order valence-corrected chi connectivity index (χ4v) is 1.97. The van der Waals surface area contributed by atoms with Gasteiger partial charge in [-0.05, 0) is 19.3 Å². The Balaban J connectivity index is 2.98. The molecule has 0 aromatic heterocycles. The van der Waals surface area contributed by atoms with Crippen LogP contribution in [0.5, 0.6) is 0 Å². The minimum Gasteiger partial charge on any atom is -0.350 e. The predicted molar refractivity (Wildman–Crippen MR) is 65.7 cm³/mol. The van der Waals surface area contributed by atoms with Crippen molar-refractivity contribution >= 4 is 23.4 Å². The quantitative estimate of drug-likeness (QED) is 0.475. The summed E-state index contributed by atoms with van der Waals surface area (Å²) in [5, 5.41) is 6.51. The first-order chi connectivity index (χ1) is 8.32. The molecule has 7 heteroatoms.